The fourth-order valence-electron chi connectivity index (χ4n) is 2.89. The van der Waals surface area contributed by atoms with Gasteiger partial charge in [0.15, 0.2) is 11.3 Å². The Hall–Kier alpha value is -2.21. The third kappa shape index (κ3) is 6.39. The number of pyridine rings is 4. The molecule has 6 nitrogen and oxygen atoms in total. The van der Waals surface area contributed by atoms with E-state index in [9.17, 15) is 0 Å². The van der Waals surface area contributed by atoms with Gasteiger partial charge in [-0.15, -0.1) is 0 Å². The topological polar surface area (TPSA) is 104 Å². The van der Waals surface area contributed by atoms with Gasteiger partial charge in [0, 0.05) is 22.2 Å². The van der Waals surface area contributed by atoms with Crippen LogP contribution in [0.25, 0.3) is 22.1 Å². The summed E-state index contributed by atoms with van der Waals surface area (Å²) in [4.78, 5) is 16.9. The Bertz CT molecular complexity index is 1020. The molecule has 0 aromatic carbocycles. The Morgan fingerprint density at radius 1 is 0.586 bits per heavy atom. The molecule has 0 amide bonds. The maximum absolute atomic E-state index is 5.57. The van der Waals surface area contributed by atoms with Crippen LogP contribution in [0.2, 0.25) is 0 Å². The minimum Gasteiger partial charge on any atom is -1.00 e. The van der Waals surface area contributed by atoms with Crippen molar-refractivity contribution in [3.05, 3.63) is 58.9 Å². The number of nitrogens with two attached hydrogens (primary N) is 2. The van der Waals surface area contributed by atoms with Crippen molar-refractivity contribution < 1.29 is 41.3 Å². The second kappa shape index (κ2) is 11.1. The number of rotatable bonds is 0. The molecule has 0 spiro atoms. The number of hydrogen-bond donors (Lipinski definition) is 2. The fraction of sp³-hybridized carbons (Fsp3) is 0.200. The molecule has 9 heteroatoms. The van der Waals surface area contributed by atoms with E-state index in [1.165, 1.54) is 11.1 Å². The van der Waals surface area contributed by atoms with E-state index in [1.54, 1.807) is 12.1 Å². The van der Waals surface area contributed by atoms with Gasteiger partial charge in [0.1, 0.15) is 11.6 Å². The Morgan fingerprint density at radius 3 is 1.28 bits per heavy atom. The first-order valence-corrected chi connectivity index (χ1v) is 8.34. The van der Waals surface area contributed by atoms with Crippen LogP contribution in [0, 0.1) is 27.7 Å². The van der Waals surface area contributed by atoms with Gasteiger partial charge in [-0.25, -0.2) is 19.9 Å². The van der Waals surface area contributed by atoms with Gasteiger partial charge in [0.25, 0.3) is 0 Å². The van der Waals surface area contributed by atoms with Gasteiger partial charge in [-0.2, -0.15) is 0 Å². The molecule has 0 radical (unpaired) electrons. The summed E-state index contributed by atoms with van der Waals surface area (Å²) in [6.45, 7) is 8.01. The van der Waals surface area contributed by atoms with Gasteiger partial charge in [-0.05, 0) is 75.2 Å². The molecule has 0 aliphatic carbocycles. The standard InChI is InChI=1S/2C10H11N3.2ClH.Ni/c2*1-6-5-7(2)12-10-8(6)3-4-9(11)13-10;;;/h2*3-5H,1-2H3,(H2,11,12,13);2*1H;/q;;;;+2/p-2. The summed E-state index contributed by atoms with van der Waals surface area (Å²) in [5, 5.41) is 2.14. The summed E-state index contributed by atoms with van der Waals surface area (Å²) >= 11 is 0. The van der Waals surface area contributed by atoms with Gasteiger partial charge in [-0.3, -0.25) is 0 Å². The van der Waals surface area contributed by atoms with Crippen molar-refractivity contribution in [3.8, 4) is 0 Å². The summed E-state index contributed by atoms with van der Waals surface area (Å²) < 4.78 is 0. The molecule has 4 aromatic heterocycles. The minimum absolute atomic E-state index is 0. The summed E-state index contributed by atoms with van der Waals surface area (Å²) in [6.07, 6.45) is 0. The molecule has 0 saturated carbocycles. The van der Waals surface area contributed by atoms with E-state index in [2.05, 4.69) is 33.8 Å². The van der Waals surface area contributed by atoms with Crippen LogP contribution in [-0.4, -0.2) is 19.9 Å². The van der Waals surface area contributed by atoms with Crippen molar-refractivity contribution in [2.45, 2.75) is 27.7 Å². The first-order valence-electron chi connectivity index (χ1n) is 8.34. The van der Waals surface area contributed by atoms with E-state index in [0.29, 0.717) is 11.6 Å². The molecular weight excluding hydrogens is 454 g/mol. The van der Waals surface area contributed by atoms with E-state index in [1.807, 2.05) is 38.1 Å². The smallest absolute Gasteiger partial charge is 1.00 e. The molecule has 156 valence electrons. The number of fused-ring (bicyclic) bond motifs is 2. The van der Waals surface area contributed by atoms with E-state index >= 15 is 0 Å². The molecule has 0 unspecified atom stereocenters. The third-order valence-corrected chi connectivity index (χ3v) is 4.06. The zero-order valence-corrected chi connectivity index (χ0v) is 19.0. The fourth-order valence-corrected chi connectivity index (χ4v) is 2.89. The van der Waals surface area contributed by atoms with Crippen LogP contribution in [0.15, 0.2) is 36.4 Å². The van der Waals surface area contributed by atoms with Crippen LogP contribution in [0.5, 0.6) is 0 Å². The van der Waals surface area contributed by atoms with Gasteiger partial charge >= 0.3 is 16.5 Å². The average Bonchev–Trinajstić information content (AvgIpc) is 2.54. The van der Waals surface area contributed by atoms with Crippen LogP contribution in [0.3, 0.4) is 0 Å². The predicted molar refractivity (Wildman–Crippen MR) is 107 cm³/mol. The molecule has 0 saturated heterocycles. The van der Waals surface area contributed by atoms with E-state index < -0.39 is 0 Å². The second-order valence-electron chi connectivity index (χ2n) is 6.38. The van der Waals surface area contributed by atoms with Crippen molar-refractivity contribution in [2.75, 3.05) is 11.5 Å². The number of aromatic nitrogens is 4. The predicted octanol–water partition coefficient (Wildman–Crippen LogP) is -2.34. The zero-order chi connectivity index (χ0) is 18.8. The number of nitrogens with zero attached hydrogens (tertiary/aromatic N) is 4. The maximum Gasteiger partial charge on any atom is 2.00 e. The van der Waals surface area contributed by atoms with Gasteiger partial charge < -0.3 is 36.3 Å². The minimum atomic E-state index is 0. The van der Waals surface area contributed by atoms with Crippen molar-refractivity contribution >= 4 is 33.7 Å². The van der Waals surface area contributed by atoms with Crippen LogP contribution < -0.4 is 36.3 Å². The first-order chi connectivity index (χ1) is 12.3. The van der Waals surface area contributed by atoms with Crippen LogP contribution >= 0.6 is 0 Å². The number of aryl methyl sites for hydroxylation is 4. The summed E-state index contributed by atoms with van der Waals surface area (Å²) in [6, 6.07) is 11.6. The van der Waals surface area contributed by atoms with Crippen LogP contribution in [-0.2, 0) is 16.5 Å². The number of hydrogen-bond acceptors (Lipinski definition) is 6. The van der Waals surface area contributed by atoms with Crippen LogP contribution in [0.4, 0.5) is 11.6 Å². The monoisotopic (exact) mass is 474 g/mol. The molecule has 4 heterocycles. The molecule has 0 fully saturated rings. The van der Waals surface area contributed by atoms with Crippen molar-refractivity contribution in [3.63, 3.8) is 0 Å². The van der Waals surface area contributed by atoms with Gasteiger partial charge in [-0.1, -0.05) is 0 Å². The molecule has 0 atom stereocenters. The molecule has 0 bridgehead atoms. The molecule has 29 heavy (non-hydrogen) atoms. The SMILES string of the molecule is Cc1cc(C)c2ccc(N)nc2n1.Cc1cc(C)c2ccc(N)nc2n1.[Cl-].[Cl-].[Ni+2]. The van der Waals surface area contributed by atoms with Crippen LogP contribution in [0.1, 0.15) is 22.5 Å². The van der Waals surface area contributed by atoms with E-state index in [-0.39, 0.29) is 41.3 Å². The van der Waals surface area contributed by atoms with Crippen molar-refractivity contribution in [1.29, 1.82) is 0 Å². The molecule has 4 N–H and O–H groups in total. The van der Waals surface area contributed by atoms with Gasteiger partial charge in [0.05, 0.1) is 0 Å². The van der Waals surface area contributed by atoms with E-state index in [0.717, 1.165) is 33.5 Å². The first kappa shape index (κ1) is 26.8. The Morgan fingerprint density at radius 2 is 0.931 bits per heavy atom. The summed E-state index contributed by atoms with van der Waals surface area (Å²) in [7, 11) is 0. The Balaban J connectivity index is 0.000000490. The van der Waals surface area contributed by atoms with Crippen molar-refractivity contribution in [1.82, 2.24) is 19.9 Å². The maximum atomic E-state index is 5.57. The van der Waals surface area contributed by atoms with Crippen molar-refractivity contribution in [2.24, 2.45) is 0 Å². The molecule has 0 aliphatic rings. The van der Waals surface area contributed by atoms with Gasteiger partial charge in [0.2, 0.25) is 0 Å². The number of anilines is 2. The molecular formula is C20H22Cl2N6Ni. The second-order valence-corrected chi connectivity index (χ2v) is 6.38. The Labute approximate surface area is 192 Å². The number of halogens is 2. The Kier molecular flexibility index (Phi) is 10.3. The largest absolute Gasteiger partial charge is 2.00 e. The number of nitrogen functional groups attached to an aromatic ring is 2. The molecule has 4 rings (SSSR count). The summed E-state index contributed by atoms with van der Waals surface area (Å²) in [5.41, 5.74) is 16.9. The normalized spacial score (nSPS) is 9.52. The molecule has 0 aliphatic heterocycles. The third-order valence-electron chi connectivity index (χ3n) is 4.06. The zero-order valence-electron chi connectivity index (χ0n) is 16.5. The van der Waals surface area contributed by atoms with E-state index in [4.69, 9.17) is 11.5 Å². The quantitative estimate of drug-likeness (QED) is 0.276. The average molecular weight is 476 g/mol. The summed E-state index contributed by atoms with van der Waals surface area (Å²) in [5.74, 6) is 1.04. The molecule has 4 aromatic rings.